The number of carbonyl (C=O) groups is 1. The lowest BCUT2D eigenvalue weighted by molar-refractivity contribution is -0.121. The van der Waals surface area contributed by atoms with Crippen LogP contribution in [0.15, 0.2) is 24.5 Å². The molecule has 0 spiro atoms. The summed E-state index contributed by atoms with van der Waals surface area (Å²) < 4.78 is 0. The van der Waals surface area contributed by atoms with Crippen molar-refractivity contribution < 1.29 is 4.79 Å². The molecule has 2 rings (SSSR count). The number of hydrogen-bond donors (Lipinski definition) is 1. The van der Waals surface area contributed by atoms with E-state index in [1.807, 2.05) is 58.6 Å². The number of aryl methyl sites for hydroxylation is 1. The summed E-state index contributed by atoms with van der Waals surface area (Å²) in [5.74, 6) is 1.40. The highest BCUT2D eigenvalue weighted by molar-refractivity contribution is 5.82. The third-order valence-corrected chi connectivity index (χ3v) is 3.81. The average Bonchev–Trinajstić information content (AvgIpc) is 2.54. The molecule has 6 nitrogen and oxygen atoms in total. The number of nitrogens with zero attached hydrogens (tertiary/aromatic N) is 4. The van der Waals surface area contributed by atoms with E-state index in [0.717, 1.165) is 22.6 Å². The van der Waals surface area contributed by atoms with E-state index in [1.165, 1.54) is 0 Å². The van der Waals surface area contributed by atoms with Crippen LogP contribution in [0, 0.1) is 13.8 Å². The van der Waals surface area contributed by atoms with Gasteiger partial charge in [0.1, 0.15) is 5.82 Å². The van der Waals surface area contributed by atoms with Gasteiger partial charge in [0.15, 0.2) is 5.82 Å². The van der Waals surface area contributed by atoms with Gasteiger partial charge >= 0.3 is 0 Å². The minimum atomic E-state index is -0.256. The number of nitrogens with one attached hydrogen (secondary N) is 1. The molecule has 0 saturated carbocycles. The molecule has 1 amide bonds. The Labute approximate surface area is 149 Å². The lowest BCUT2D eigenvalue weighted by Crippen LogP contribution is -2.46. The van der Waals surface area contributed by atoms with E-state index in [4.69, 9.17) is 4.98 Å². The highest BCUT2D eigenvalue weighted by Crippen LogP contribution is 2.24. The Balaban J connectivity index is 2.35. The maximum absolute atomic E-state index is 12.3. The monoisotopic (exact) mass is 341 g/mol. The SMILES string of the molecule is CCN(CC(=O)NC(C)(C)C)c1nc(-c2cccnc2)nc(C)c1C. The molecule has 0 radical (unpaired) electrons. The third-order valence-electron chi connectivity index (χ3n) is 3.81. The second-order valence-corrected chi connectivity index (χ2v) is 7.14. The molecule has 2 aromatic heterocycles. The van der Waals surface area contributed by atoms with Crippen molar-refractivity contribution in [2.24, 2.45) is 0 Å². The second kappa shape index (κ2) is 7.59. The number of anilines is 1. The van der Waals surface area contributed by atoms with Crippen LogP contribution in [0.3, 0.4) is 0 Å². The average molecular weight is 341 g/mol. The first kappa shape index (κ1) is 18.8. The first-order valence-corrected chi connectivity index (χ1v) is 8.53. The van der Waals surface area contributed by atoms with Crippen molar-refractivity contribution in [3.8, 4) is 11.4 Å². The maximum Gasteiger partial charge on any atom is 0.239 e. The lowest BCUT2D eigenvalue weighted by atomic mass is 10.1. The van der Waals surface area contributed by atoms with Gasteiger partial charge in [0.05, 0.1) is 6.54 Å². The molecule has 0 bridgehead atoms. The first-order valence-electron chi connectivity index (χ1n) is 8.53. The number of carbonyl (C=O) groups excluding carboxylic acids is 1. The van der Waals surface area contributed by atoms with Gasteiger partial charge in [-0.15, -0.1) is 0 Å². The zero-order chi connectivity index (χ0) is 18.6. The highest BCUT2D eigenvalue weighted by atomic mass is 16.2. The number of pyridine rings is 1. The van der Waals surface area contributed by atoms with Gasteiger partial charge < -0.3 is 10.2 Å². The molecule has 0 aliphatic heterocycles. The Bertz CT molecular complexity index is 737. The van der Waals surface area contributed by atoms with Crippen LogP contribution in [0.4, 0.5) is 5.82 Å². The van der Waals surface area contributed by atoms with Gasteiger partial charge in [0.2, 0.25) is 5.91 Å². The van der Waals surface area contributed by atoms with E-state index < -0.39 is 0 Å². The van der Waals surface area contributed by atoms with Crippen LogP contribution in [0.2, 0.25) is 0 Å². The molecule has 0 unspecified atom stereocenters. The van der Waals surface area contributed by atoms with Crippen molar-refractivity contribution in [3.05, 3.63) is 35.8 Å². The standard InChI is InChI=1S/C19H27N5O/c1-7-24(12-16(25)23-19(4,5)6)18-13(2)14(3)21-17(22-18)15-9-8-10-20-11-15/h8-11H,7,12H2,1-6H3,(H,23,25). The van der Waals surface area contributed by atoms with Crippen LogP contribution in [0.25, 0.3) is 11.4 Å². The molecule has 0 atom stereocenters. The summed E-state index contributed by atoms with van der Waals surface area (Å²) in [5, 5.41) is 3.00. The molecule has 2 heterocycles. The molecule has 2 aromatic rings. The molecule has 6 heteroatoms. The van der Waals surface area contributed by atoms with Crippen molar-refractivity contribution in [3.63, 3.8) is 0 Å². The van der Waals surface area contributed by atoms with E-state index >= 15 is 0 Å². The summed E-state index contributed by atoms with van der Waals surface area (Å²) >= 11 is 0. The van der Waals surface area contributed by atoms with Crippen LogP contribution >= 0.6 is 0 Å². The van der Waals surface area contributed by atoms with Gasteiger partial charge in [-0.3, -0.25) is 9.78 Å². The van der Waals surface area contributed by atoms with Gasteiger partial charge in [-0.1, -0.05) is 0 Å². The Hall–Kier alpha value is -2.50. The summed E-state index contributed by atoms with van der Waals surface area (Å²) in [4.78, 5) is 27.8. The summed E-state index contributed by atoms with van der Waals surface area (Å²) in [6.45, 7) is 12.8. The minimum Gasteiger partial charge on any atom is -0.350 e. The van der Waals surface area contributed by atoms with Gasteiger partial charge in [0, 0.05) is 41.3 Å². The van der Waals surface area contributed by atoms with Crippen LogP contribution in [-0.4, -0.2) is 39.5 Å². The van der Waals surface area contributed by atoms with Crippen LogP contribution in [-0.2, 0) is 4.79 Å². The molecule has 1 N–H and O–H groups in total. The van der Waals surface area contributed by atoms with E-state index in [0.29, 0.717) is 12.4 Å². The van der Waals surface area contributed by atoms with E-state index in [-0.39, 0.29) is 18.0 Å². The quantitative estimate of drug-likeness (QED) is 0.905. The fourth-order valence-corrected chi connectivity index (χ4v) is 2.51. The normalized spacial score (nSPS) is 11.3. The molecular formula is C19H27N5O. The maximum atomic E-state index is 12.3. The number of likely N-dealkylation sites (N-methyl/N-ethyl adjacent to an activating group) is 1. The summed E-state index contributed by atoms with van der Waals surface area (Å²) in [7, 11) is 0. The molecule has 0 saturated heterocycles. The van der Waals surface area contributed by atoms with E-state index in [9.17, 15) is 4.79 Å². The summed E-state index contributed by atoms with van der Waals surface area (Å²) in [5.41, 5.74) is 2.49. The van der Waals surface area contributed by atoms with Gasteiger partial charge in [-0.05, 0) is 53.7 Å². The Morgan fingerprint density at radius 1 is 1.24 bits per heavy atom. The van der Waals surface area contributed by atoms with E-state index in [2.05, 4.69) is 15.3 Å². The Kier molecular flexibility index (Phi) is 5.72. The number of amides is 1. The van der Waals surface area contributed by atoms with Crippen molar-refractivity contribution in [2.75, 3.05) is 18.0 Å². The van der Waals surface area contributed by atoms with Crippen molar-refractivity contribution in [2.45, 2.75) is 47.1 Å². The molecule has 0 aromatic carbocycles. The number of hydrogen-bond acceptors (Lipinski definition) is 5. The molecule has 0 fully saturated rings. The third kappa shape index (κ3) is 4.98. The minimum absolute atomic E-state index is 0.0204. The van der Waals surface area contributed by atoms with Crippen molar-refractivity contribution >= 4 is 11.7 Å². The molecule has 0 aliphatic carbocycles. The first-order chi connectivity index (χ1) is 11.7. The Morgan fingerprint density at radius 3 is 2.52 bits per heavy atom. The zero-order valence-corrected chi connectivity index (χ0v) is 15.9. The molecule has 0 aliphatic rings. The van der Waals surface area contributed by atoms with Gasteiger partial charge in [-0.25, -0.2) is 9.97 Å². The van der Waals surface area contributed by atoms with Crippen molar-refractivity contribution in [1.82, 2.24) is 20.3 Å². The zero-order valence-electron chi connectivity index (χ0n) is 15.9. The smallest absolute Gasteiger partial charge is 0.239 e. The molecular weight excluding hydrogens is 314 g/mol. The lowest BCUT2D eigenvalue weighted by Gasteiger charge is -2.27. The van der Waals surface area contributed by atoms with Crippen LogP contribution in [0.5, 0.6) is 0 Å². The van der Waals surface area contributed by atoms with Crippen LogP contribution in [0.1, 0.15) is 39.0 Å². The van der Waals surface area contributed by atoms with Gasteiger partial charge in [-0.2, -0.15) is 0 Å². The van der Waals surface area contributed by atoms with Gasteiger partial charge in [0.25, 0.3) is 0 Å². The largest absolute Gasteiger partial charge is 0.350 e. The van der Waals surface area contributed by atoms with Crippen LogP contribution < -0.4 is 10.2 Å². The predicted octanol–water partition coefficient (Wildman–Crippen LogP) is 2.90. The second-order valence-electron chi connectivity index (χ2n) is 7.14. The van der Waals surface area contributed by atoms with Crippen molar-refractivity contribution in [1.29, 1.82) is 0 Å². The van der Waals surface area contributed by atoms with E-state index in [1.54, 1.807) is 12.4 Å². The predicted molar refractivity (Wildman–Crippen MR) is 101 cm³/mol. The number of aromatic nitrogens is 3. The topological polar surface area (TPSA) is 71.0 Å². The number of rotatable bonds is 5. The molecule has 134 valence electrons. The molecule has 25 heavy (non-hydrogen) atoms. The fourth-order valence-electron chi connectivity index (χ4n) is 2.51. The fraction of sp³-hybridized carbons (Fsp3) is 0.474. The highest BCUT2D eigenvalue weighted by Gasteiger charge is 2.20. The summed E-state index contributed by atoms with van der Waals surface area (Å²) in [6.07, 6.45) is 3.47. The summed E-state index contributed by atoms with van der Waals surface area (Å²) in [6, 6.07) is 3.80. The Morgan fingerprint density at radius 2 is 1.96 bits per heavy atom.